The van der Waals surface area contributed by atoms with Gasteiger partial charge in [0, 0.05) is 38.6 Å². The molecular formula is C12H20N4O. The molecular weight excluding hydrogens is 216 g/mol. The number of amides is 2. The van der Waals surface area contributed by atoms with Gasteiger partial charge in [-0.05, 0) is 25.7 Å². The summed E-state index contributed by atoms with van der Waals surface area (Å²) in [7, 11) is 0. The summed E-state index contributed by atoms with van der Waals surface area (Å²) in [5.41, 5.74) is 0. The van der Waals surface area contributed by atoms with Crippen LogP contribution in [-0.2, 0) is 6.54 Å². The van der Waals surface area contributed by atoms with E-state index in [-0.39, 0.29) is 6.03 Å². The van der Waals surface area contributed by atoms with Crippen LogP contribution >= 0.6 is 0 Å². The zero-order chi connectivity index (χ0) is 11.9. The largest absolute Gasteiger partial charge is 0.338 e. The van der Waals surface area contributed by atoms with Crippen LogP contribution in [0.2, 0.25) is 0 Å². The molecule has 1 aliphatic heterocycles. The van der Waals surface area contributed by atoms with Gasteiger partial charge in [0.2, 0.25) is 0 Å². The predicted molar refractivity (Wildman–Crippen MR) is 65.7 cm³/mol. The molecule has 5 nitrogen and oxygen atoms in total. The first-order chi connectivity index (χ1) is 8.36. The van der Waals surface area contributed by atoms with E-state index in [1.54, 1.807) is 6.20 Å². The van der Waals surface area contributed by atoms with Gasteiger partial charge in [-0.2, -0.15) is 0 Å². The van der Waals surface area contributed by atoms with Crippen molar-refractivity contribution in [2.75, 3.05) is 19.6 Å². The number of rotatable bonds is 5. The first kappa shape index (κ1) is 12.0. The lowest BCUT2D eigenvalue weighted by Crippen LogP contribution is -2.38. The average molecular weight is 236 g/mol. The van der Waals surface area contributed by atoms with E-state index in [9.17, 15) is 4.79 Å². The van der Waals surface area contributed by atoms with Gasteiger partial charge < -0.3 is 14.8 Å². The molecule has 1 aromatic rings. The second kappa shape index (κ2) is 6.27. The van der Waals surface area contributed by atoms with E-state index in [2.05, 4.69) is 14.9 Å². The van der Waals surface area contributed by atoms with Crippen molar-refractivity contribution in [3.63, 3.8) is 0 Å². The van der Waals surface area contributed by atoms with Crippen LogP contribution in [0.4, 0.5) is 4.79 Å². The highest BCUT2D eigenvalue weighted by Gasteiger charge is 2.16. The summed E-state index contributed by atoms with van der Waals surface area (Å²) in [6.45, 7) is 3.57. The van der Waals surface area contributed by atoms with Gasteiger partial charge in [-0.15, -0.1) is 0 Å². The van der Waals surface area contributed by atoms with Crippen LogP contribution in [0.1, 0.15) is 25.7 Å². The fraction of sp³-hybridized carbons (Fsp3) is 0.667. The molecule has 1 fully saturated rings. The highest BCUT2D eigenvalue weighted by atomic mass is 16.2. The summed E-state index contributed by atoms with van der Waals surface area (Å²) in [5.74, 6) is 0. The second-order valence-electron chi connectivity index (χ2n) is 4.43. The molecule has 17 heavy (non-hydrogen) atoms. The lowest BCUT2D eigenvalue weighted by atomic mass is 10.3. The van der Waals surface area contributed by atoms with Crippen LogP contribution in [0, 0.1) is 0 Å². The Morgan fingerprint density at radius 3 is 2.82 bits per heavy atom. The molecule has 2 heterocycles. The van der Waals surface area contributed by atoms with Crippen molar-refractivity contribution in [2.45, 2.75) is 32.2 Å². The molecule has 0 bridgehead atoms. The third-order valence-electron chi connectivity index (χ3n) is 3.07. The number of imidazole rings is 1. The normalized spacial score (nSPS) is 15.2. The fourth-order valence-corrected chi connectivity index (χ4v) is 2.07. The summed E-state index contributed by atoms with van der Waals surface area (Å²) in [4.78, 5) is 17.5. The lowest BCUT2D eigenvalue weighted by Gasteiger charge is -2.15. The molecule has 0 spiro atoms. The third-order valence-corrected chi connectivity index (χ3v) is 3.07. The van der Waals surface area contributed by atoms with Crippen molar-refractivity contribution in [3.8, 4) is 0 Å². The van der Waals surface area contributed by atoms with E-state index >= 15 is 0 Å². The Morgan fingerprint density at radius 2 is 2.12 bits per heavy atom. The minimum absolute atomic E-state index is 0.102. The summed E-state index contributed by atoms with van der Waals surface area (Å²) >= 11 is 0. The standard InChI is InChI=1S/C12H20N4O/c17-12(16-8-3-4-9-16)14-5-1-2-7-15-10-6-13-11-15/h6,10-11H,1-5,7-9H2,(H,14,17). The molecule has 2 rings (SSSR count). The fourth-order valence-electron chi connectivity index (χ4n) is 2.07. The molecule has 94 valence electrons. The molecule has 0 atom stereocenters. The van der Waals surface area contributed by atoms with Gasteiger partial charge in [-0.25, -0.2) is 9.78 Å². The third kappa shape index (κ3) is 3.76. The van der Waals surface area contributed by atoms with Gasteiger partial charge in [-0.1, -0.05) is 0 Å². The van der Waals surface area contributed by atoms with Crippen molar-refractivity contribution in [1.82, 2.24) is 19.8 Å². The zero-order valence-electron chi connectivity index (χ0n) is 10.1. The summed E-state index contributed by atoms with van der Waals surface area (Å²) in [6.07, 6.45) is 9.94. The number of nitrogens with one attached hydrogen (secondary N) is 1. The van der Waals surface area contributed by atoms with Crippen molar-refractivity contribution in [1.29, 1.82) is 0 Å². The number of nitrogens with zero attached hydrogens (tertiary/aromatic N) is 3. The lowest BCUT2D eigenvalue weighted by molar-refractivity contribution is 0.208. The smallest absolute Gasteiger partial charge is 0.317 e. The van der Waals surface area contributed by atoms with E-state index in [0.29, 0.717) is 0 Å². The highest BCUT2D eigenvalue weighted by molar-refractivity contribution is 5.74. The maximum absolute atomic E-state index is 11.6. The molecule has 1 aliphatic rings. The summed E-state index contributed by atoms with van der Waals surface area (Å²) < 4.78 is 2.06. The molecule has 1 aromatic heterocycles. The van der Waals surface area contributed by atoms with E-state index in [0.717, 1.165) is 51.9 Å². The van der Waals surface area contributed by atoms with Crippen molar-refractivity contribution >= 4 is 6.03 Å². The van der Waals surface area contributed by atoms with Gasteiger partial charge >= 0.3 is 6.03 Å². The van der Waals surface area contributed by atoms with E-state index in [4.69, 9.17) is 0 Å². The summed E-state index contributed by atoms with van der Waals surface area (Å²) in [5, 5.41) is 2.97. The molecule has 0 saturated carbocycles. The molecule has 0 aliphatic carbocycles. The Morgan fingerprint density at radius 1 is 1.29 bits per heavy atom. The molecule has 2 amide bonds. The number of aromatic nitrogens is 2. The number of urea groups is 1. The number of aryl methyl sites for hydroxylation is 1. The van der Waals surface area contributed by atoms with Gasteiger partial charge in [0.25, 0.3) is 0 Å². The van der Waals surface area contributed by atoms with Gasteiger partial charge in [-0.3, -0.25) is 0 Å². The molecule has 0 radical (unpaired) electrons. The Kier molecular flexibility index (Phi) is 4.41. The van der Waals surface area contributed by atoms with E-state index in [1.807, 2.05) is 17.4 Å². The molecule has 1 N–H and O–H groups in total. The van der Waals surface area contributed by atoms with Crippen LogP contribution in [0.25, 0.3) is 0 Å². The maximum Gasteiger partial charge on any atom is 0.317 e. The SMILES string of the molecule is O=C(NCCCCn1ccnc1)N1CCCC1. The Balaban J connectivity index is 1.52. The molecule has 1 saturated heterocycles. The average Bonchev–Trinajstić information content (AvgIpc) is 3.01. The van der Waals surface area contributed by atoms with Crippen LogP contribution in [0.5, 0.6) is 0 Å². The van der Waals surface area contributed by atoms with Gasteiger partial charge in [0.15, 0.2) is 0 Å². The highest BCUT2D eigenvalue weighted by Crippen LogP contribution is 2.06. The van der Waals surface area contributed by atoms with Crippen LogP contribution in [0.3, 0.4) is 0 Å². The van der Waals surface area contributed by atoms with Crippen molar-refractivity contribution in [2.24, 2.45) is 0 Å². The minimum Gasteiger partial charge on any atom is -0.338 e. The van der Waals surface area contributed by atoms with Crippen molar-refractivity contribution < 1.29 is 4.79 Å². The first-order valence-electron chi connectivity index (χ1n) is 6.35. The monoisotopic (exact) mass is 236 g/mol. The molecule has 0 aromatic carbocycles. The Hall–Kier alpha value is -1.52. The van der Waals surface area contributed by atoms with E-state index < -0.39 is 0 Å². The van der Waals surface area contributed by atoms with Crippen molar-refractivity contribution in [3.05, 3.63) is 18.7 Å². The maximum atomic E-state index is 11.6. The number of carbonyl (C=O) groups excluding carboxylic acids is 1. The van der Waals surface area contributed by atoms with E-state index in [1.165, 1.54) is 0 Å². The van der Waals surface area contributed by atoms with Gasteiger partial charge in [0.1, 0.15) is 0 Å². The van der Waals surface area contributed by atoms with Crippen LogP contribution in [0.15, 0.2) is 18.7 Å². The number of unbranched alkanes of at least 4 members (excludes halogenated alkanes) is 1. The zero-order valence-corrected chi connectivity index (χ0v) is 10.1. The predicted octanol–water partition coefficient (Wildman–Crippen LogP) is 1.47. The molecule has 5 heteroatoms. The Labute approximate surface area is 102 Å². The quantitative estimate of drug-likeness (QED) is 0.787. The Bertz CT molecular complexity index is 330. The molecule has 0 unspecified atom stereocenters. The number of hydrogen-bond acceptors (Lipinski definition) is 2. The second-order valence-corrected chi connectivity index (χ2v) is 4.43. The van der Waals surface area contributed by atoms with Crippen LogP contribution in [-0.4, -0.2) is 40.1 Å². The first-order valence-corrected chi connectivity index (χ1v) is 6.35. The summed E-state index contributed by atoms with van der Waals surface area (Å²) in [6, 6.07) is 0.102. The minimum atomic E-state index is 0.102. The number of carbonyl (C=O) groups is 1. The topological polar surface area (TPSA) is 50.2 Å². The van der Waals surface area contributed by atoms with Gasteiger partial charge in [0.05, 0.1) is 6.33 Å². The number of likely N-dealkylation sites (tertiary alicyclic amines) is 1. The van der Waals surface area contributed by atoms with Crippen LogP contribution < -0.4 is 5.32 Å². The number of hydrogen-bond donors (Lipinski definition) is 1.